The van der Waals surface area contributed by atoms with E-state index in [-0.39, 0.29) is 12.7 Å². The monoisotopic (exact) mass is 275 g/mol. The maximum atomic E-state index is 11.2. The van der Waals surface area contributed by atoms with Crippen LogP contribution in [0.25, 0.3) is 0 Å². The highest BCUT2D eigenvalue weighted by molar-refractivity contribution is 5.74. The molecule has 0 unspecified atom stereocenters. The summed E-state index contributed by atoms with van der Waals surface area (Å²) in [5, 5.41) is 11.5. The Kier molecular flexibility index (Phi) is 10.1. The summed E-state index contributed by atoms with van der Waals surface area (Å²) in [6.07, 6.45) is 1.98. The molecule has 112 valence electrons. The molecule has 0 radical (unpaired) electrons. The van der Waals surface area contributed by atoms with E-state index in [1.807, 2.05) is 20.8 Å². The van der Waals surface area contributed by atoms with E-state index in [4.69, 9.17) is 14.6 Å². The van der Waals surface area contributed by atoms with Crippen LogP contribution in [-0.2, 0) is 19.1 Å². The molecule has 2 atom stereocenters. The smallest absolute Gasteiger partial charge is 0.332 e. The van der Waals surface area contributed by atoms with Crippen molar-refractivity contribution in [1.29, 1.82) is 0 Å². The quantitative estimate of drug-likeness (QED) is 0.536. The molecule has 0 aromatic carbocycles. The molecule has 0 bridgehead atoms. The van der Waals surface area contributed by atoms with Gasteiger partial charge in [0.15, 0.2) is 0 Å². The minimum atomic E-state index is -0.887. The second kappa shape index (κ2) is 10.8. The molecule has 0 spiro atoms. The Labute approximate surface area is 114 Å². The summed E-state index contributed by atoms with van der Waals surface area (Å²) >= 11 is 0. The number of hydrogen-bond acceptors (Lipinski definition) is 5. The topological polar surface area (TPSA) is 84.9 Å². The molecule has 2 N–H and O–H groups in total. The standard InChI is InChI=1S/C11H19NO5.C2H6/c1-2-3-4-16-10(13)7-17-8-5-9(11(14)15)12-6-8;1-2/h8-9,12H,2-7H2,1H3,(H,14,15);1-2H3/t8-,9+;/m0./s1. The predicted octanol–water partition coefficient (Wildman–Crippen LogP) is 1.19. The number of carbonyl (C=O) groups is 2. The van der Waals surface area contributed by atoms with Crippen molar-refractivity contribution in [1.82, 2.24) is 5.32 Å². The number of carboxylic acid groups (broad SMARTS) is 1. The average Bonchev–Trinajstić information content (AvgIpc) is 2.88. The predicted molar refractivity (Wildman–Crippen MR) is 71.0 cm³/mol. The number of ether oxygens (including phenoxy) is 2. The number of carbonyl (C=O) groups excluding carboxylic acids is 1. The first-order chi connectivity index (χ1) is 9.13. The van der Waals surface area contributed by atoms with E-state index < -0.39 is 18.0 Å². The molecular formula is C13H25NO5. The SMILES string of the molecule is CC.CCCCOC(=O)CO[C@@H]1CN[C@@H](C(=O)O)C1. The lowest BCUT2D eigenvalue weighted by Crippen LogP contribution is -2.30. The highest BCUT2D eigenvalue weighted by Crippen LogP contribution is 2.10. The summed E-state index contributed by atoms with van der Waals surface area (Å²) in [4.78, 5) is 21.9. The molecule has 6 nitrogen and oxygen atoms in total. The van der Waals surface area contributed by atoms with Gasteiger partial charge in [0.25, 0.3) is 0 Å². The Hall–Kier alpha value is -1.14. The van der Waals surface area contributed by atoms with Crippen molar-refractivity contribution in [3.05, 3.63) is 0 Å². The Morgan fingerprint density at radius 3 is 2.58 bits per heavy atom. The van der Waals surface area contributed by atoms with Gasteiger partial charge >= 0.3 is 11.9 Å². The highest BCUT2D eigenvalue weighted by atomic mass is 16.6. The molecule has 1 heterocycles. The van der Waals surface area contributed by atoms with Gasteiger partial charge in [-0.15, -0.1) is 0 Å². The van der Waals surface area contributed by atoms with Gasteiger partial charge in [0.05, 0.1) is 12.7 Å². The van der Waals surface area contributed by atoms with E-state index in [2.05, 4.69) is 5.32 Å². The van der Waals surface area contributed by atoms with Crippen molar-refractivity contribution in [3.8, 4) is 0 Å². The van der Waals surface area contributed by atoms with Crippen molar-refractivity contribution < 1.29 is 24.2 Å². The van der Waals surface area contributed by atoms with Crippen molar-refractivity contribution in [2.45, 2.75) is 52.2 Å². The third-order valence-corrected chi connectivity index (χ3v) is 2.59. The van der Waals surface area contributed by atoms with Gasteiger partial charge < -0.3 is 19.9 Å². The van der Waals surface area contributed by atoms with E-state index in [9.17, 15) is 9.59 Å². The molecule has 0 aromatic heterocycles. The second-order valence-corrected chi connectivity index (χ2v) is 4.04. The third kappa shape index (κ3) is 7.79. The minimum Gasteiger partial charge on any atom is -0.480 e. The van der Waals surface area contributed by atoms with Crippen LogP contribution in [0.2, 0.25) is 0 Å². The number of rotatable bonds is 7. The molecule has 1 saturated heterocycles. The Balaban J connectivity index is 0.00000154. The molecule has 0 saturated carbocycles. The average molecular weight is 275 g/mol. The molecule has 1 aliphatic heterocycles. The van der Waals surface area contributed by atoms with Gasteiger partial charge in [-0.3, -0.25) is 4.79 Å². The van der Waals surface area contributed by atoms with E-state index in [1.54, 1.807) is 0 Å². The zero-order valence-corrected chi connectivity index (χ0v) is 12.0. The van der Waals surface area contributed by atoms with Crippen LogP contribution in [0.1, 0.15) is 40.0 Å². The molecule has 0 aromatic rings. The van der Waals surface area contributed by atoms with Crippen LogP contribution in [0, 0.1) is 0 Å². The Bertz CT molecular complexity index is 270. The van der Waals surface area contributed by atoms with Gasteiger partial charge in [0.1, 0.15) is 12.6 Å². The van der Waals surface area contributed by atoms with Crippen molar-refractivity contribution in [2.75, 3.05) is 19.8 Å². The fourth-order valence-electron chi connectivity index (χ4n) is 1.58. The summed E-state index contributed by atoms with van der Waals surface area (Å²) < 4.78 is 10.2. The van der Waals surface area contributed by atoms with Crippen LogP contribution in [0.3, 0.4) is 0 Å². The van der Waals surface area contributed by atoms with Crippen molar-refractivity contribution in [3.63, 3.8) is 0 Å². The number of unbranched alkanes of at least 4 members (excludes halogenated alkanes) is 1. The van der Waals surface area contributed by atoms with Crippen molar-refractivity contribution in [2.24, 2.45) is 0 Å². The number of aliphatic carboxylic acids is 1. The number of nitrogens with one attached hydrogen (secondary N) is 1. The molecule has 19 heavy (non-hydrogen) atoms. The molecule has 1 aliphatic rings. The largest absolute Gasteiger partial charge is 0.480 e. The normalized spacial score (nSPS) is 21.4. The van der Waals surface area contributed by atoms with Crippen LogP contribution < -0.4 is 5.32 Å². The van der Waals surface area contributed by atoms with Crippen molar-refractivity contribution >= 4 is 11.9 Å². The van der Waals surface area contributed by atoms with E-state index >= 15 is 0 Å². The molecule has 0 aliphatic carbocycles. The summed E-state index contributed by atoms with van der Waals surface area (Å²) in [6.45, 7) is 6.78. The fourth-order valence-corrected chi connectivity index (χ4v) is 1.58. The van der Waals surface area contributed by atoms with E-state index in [0.29, 0.717) is 19.6 Å². The van der Waals surface area contributed by atoms with Crippen LogP contribution in [0.5, 0.6) is 0 Å². The van der Waals surface area contributed by atoms with Crippen LogP contribution in [-0.4, -0.2) is 48.9 Å². The summed E-state index contributed by atoms with van der Waals surface area (Å²) in [5.74, 6) is -1.28. The number of esters is 1. The van der Waals surface area contributed by atoms with Gasteiger partial charge in [-0.25, -0.2) is 4.79 Å². The van der Waals surface area contributed by atoms with Gasteiger partial charge in [0.2, 0.25) is 0 Å². The molecular weight excluding hydrogens is 250 g/mol. The zero-order valence-electron chi connectivity index (χ0n) is 12.0. The van der Waals surface area contributed by atoms with E-state index in [0.717, 1.165) is 12.8 Å². The molecule has 6 heteroatoms. The fraction of sp³-hybridized carbons (Fsp3) is 0.846. The summed E-state index contributed by atoms with van der Waals surface area (Å²) in [5.41, 5.74) is 0. The Morgan fingerprint density at radius 2 is 2.05 bits per heavy atom. The van der Waals surface area contributed by atoms with E-state index in [1.165, 1.54) is 0 Å². The summed E-state index contributed by atoms with van der Waals surface area (Å²) in [6, 6.07) is -0.573. The first-order valence-electron chi connectivity index (χ1n) is 6.87. The lowest BCUT2D eigenvalue weighted by atomic mass is 10.2. The van der Waals surface area contributed by atoms with Crippen LogP contribution >= 0.6 is 0 Å². The van der Waals surface area contributed by atoms with Crippen LogP contribution in [0.4, 0.5) is 0 Å². The van der Waals surface area contributed by atoms with Gasteiger partial charge in [-0.2, -0.15) is 0 Å². The van der Waals surface area contributed by atoms with Gasteiger partial charge in [0, 0.05) is 13.0 Å². The highest BCUT2D eigenvalue weighted by Gasteiger charge is 2.30. The molecule has 0 amide bonds. The molecule has 1 rings (SSSR count). The van der Waals surface area contributed by atoms with Gasteiger partial charge in [-0.05, 0) is 6.42 Å². The number of hydrogen-bond donors (Lipinski definition) is 2. The van der Waals surface area contributed by atoms with Gasteiger partial charge in [-0.1, -0.05) is 27.2 Å². The lowest BCUT2D eigenvalue weighted by Gasteiger charge is -2.10. The first kappa shape index (κ1) is 17.9. The first-order valence-corrected chi connectivity index (χ1v) is 6.87. The lowest BCUT2D eigenvalue weighted by molar-refractivity contribution is -0.150. The minimum absolute atomic E-state index is 0.109. The number of carboxylic acids is 1. The summed E-state index contributed by atoms with van der Waals surface area (Å²) in [7, 11) is 0. The van der Waals surface area contributed by atoms with Crippen LogP contribution in [0.15, 0.2) is 0 Å². The third-order valence-electron chi connectivity index (χ3n) is 2.59. The Morgan fingerprint density at radius 1 is 1.37 bits per heavy atom. The maximum Gasteiger partial charge on any atom is 0.332 e. The second-order valence-electron chi connectivity index (χ2n) is 4.04. The molecule has 1 fully saturated rings. The maximum absolute atomic E-state index is 11.2. The zero-order chi connectivity index (χ0) is 14.7.